The van der Waals surface area contributed by atoms with Gasteiger partial charge in [0, 0.05) is 11.8 Å². The molecule has 5 aromatic carbocycles. The predicted octanol–water partition coefficient (Wildman–Crippen LogP) is 7.25. The third-order valence-electron chi connectivity index (χ3n) is 8.30. The van der Waals surface area contributed by atoms with Gasteiger partial charge in [0.1, 0.15) is 11.2 Å². The van der Waals surface area contributed by atoms with Crippen LogP contribution in [0.1, 0.15) is 45.2 Å². The predicted molar refractivity (Wildman–Crippen MR) is 131 cm³/mol. The van der Waals surface area contributed by atoms with Gasteiger partial charge in [0.15, 0.2) is 0 Å². The molecule has 2 bridgehead atoms. The monoisotopic (exact) mass is 422 g/mol. The van der Waals surface area contributed by atoms with E-state index in [1.54, 1.807) is 0 Å². The summed E-state index contributed by atoms with van der Waals surface area (Å²) in [7, 11) is 0. The van der Waals surface area contributed by atoms with E-state index in [0.717, 1.165) is 0 Å². The first kappa shape index (κ1) is 17.8. The van der Waals surface area contributed by atoms with E-state index >= 15 is 0 Å². The van der Waals surface area contributed by atoms with Crippen molar-refractivity contribution in [2.45, 2.75) is 23.0 Å². The highest BCUT2D eigenvalue weighted by Gasteiger charge is 2.73. The zero-order chi connectivity index (χ0) is 21.6. The molecule has 0 radical (unpaired) electrons. The average Bonchev–Trinajstić information content (AvgIpc) is 3.51. The first-order chi connectivity index (χ1) is 16.4. The van der Waals surface area contributed by atoms with Gasteiger partial charge in [0.25, 0.3) is 0 Å². The standard InChI is InChI=1S/C32H22O/c1-3-13-22(14-4-1)31-26-19-7-8-20-27(26)32(33-31,23-15-5-2-6-16-23)30-25-18-10-12-21-11-9-17-24(28(21)25)29(30)31/h1-20,29-30H/t29-,30-,31-,32-/m0/s1. The lowest BCUT2D eigenvalue weighted by atomic mass is 9.60. The Morgan fingerprint density at radius 2 is 0.909 bits per heavy atom. The van der Waals surface area contributed by atoms with E-state index < -0.39 is 11.2 Å². The van der Waals surface area contributed by atoms with Gasteiger partial charge in [-0.2, -0.15) is 0 Å². The molecule has 3 aliphatic rings. The van der Waals surface area contributed by atoms with E-state index in [0.29, 0.717) is 0 Å². The molecule has 1 nitrogen and oxygen atoms in total. The maximum atomic E-state index is 7.55. The number of ether oxygens (including phenoxy) is 1. The quantitative estimate of drug-likeness (QED) is 0.291. The second-order valence-corrected chi connectivity index (χ2v) is 9.60. The minimum absolute atomic E-state index is 0.219. The molecular weight excluding hydrogens is 400 g/mol. The van der Waals surface area contributed by atoms with E-state index in [2.05, 4.69) is 121 Å². The van der Waals surface area contributed by atoms with Gasteiger partial charge in [-0.25, -0.2) is 0 Å². The fourth-order valence-electron chi connectivity index (χ4n) is 7.30. The van der Waals surface area contributed by atoms with Crippen LogP contribution in [0.15, 0.2) is 121 Å². The Kier molecular flexibility index (Phi) is 3.24. The molecule has 2 aliphatic heterocycles. The van der Waals surface area contributed by atoms with Gasteiger partial charge in [0.05, 0.1) is 0 Å². The summed E-state index contributed by atoms with van der Waals surface area (Å²) in [6.45, 7) is 0. The van der Waals surface area contributed by atoms with Crippen LogP contribution in [0.4, 0.5) is 0 Å². The molecule has 33 heavy (non-hydrogen) atoms. The lowest BCUT2D eigenvalue weighted by Gasteiger charge is -2.38. The van der Waals surface area contributed by atoms with Gasteiger partial charge in [-0.15, -0.1) is 0 Å². The highest BCUT2D eigenvalue weighted by Crippen LogP contribution is 2.76. The van der Waals surface area contributed by atoms with E-state index in [1.807, 2.05) is 0 Å². The van der Waals surface area contributed by atoms with Crippen LogP contribution in [0.2, 0.25) is 0 Å². The van der Waals surface area contributed by atoms with Gasteiger partial charge in [-0.3, -0.25) is 0 Å². The van der Waals surface area contributed by atoms with Gasteiger partial charge in [-0.1, -0.05) is 121 Å². The first-order valence-electron chi connectivity index (χ1n) is 11.8. The van der Waals surface area contributed by atoms with E-state index in [4.69, 9.17) is 4.74 Å². The van der Waals surface area contributed by atoms with E-state index in [-0.39, 0.29) is 11.8 Å². The normalized spacial score (nSPS) is 28.1. The topological polar surface area (TPSA) is 9.23 Å². The molecule has 1 saturated heterocycles. The summed E-state index contributed by atoms with van der Waals surface area (Å²) < 4.78 is 7.55. The van der Waals surface area contributed by atoms with Gasteiger partial charge in [0.2, 0.25) is 0 Å². The van der Waals surface area contributed by atoms with Crippen molar-refractivity contribution in [2.24, 2.45) is 0 Å². The lowest BCUT2D eigenvalue weighted by Crippen LogP contribution is -2.35. The Morgan fingerprint density at radius 3 is 1.39 bits per heavy atom. The van der Waals surface area contributed by atoms with Crippen LogP contribution in [0.25, 0.3) is 10.8 Å². The van der Waals surface area contributed by atoms with Crippen molar-refractivity contribution in [1.29, 1.82) is 0 Å². The van der Waals surface area contributed by atoms with Crippen LogP contribution in [0.3, 0.4) is 0 Å². The van der Waals surface area contributed by atoms with Gasteiger partial charge >= 0.3 is 0 Å². The van der Waals surface area contributed by atoms with Gasteiger partial charge < -0.3 is 4.74 Å². The largest absolute Gasteiger partial charge is 0.348 e. The molecule has 156 valence electrons. The van der Waals surface area contributed by atoms with Crippen molar-refractivity contribution in [3.63, 3.8) is 0 Å². The summed E-state index contributed by atoms with van der Waals surface area (Å²) in [5.41, 5.74) is 6.91. The molecule has 0 N–H and O–H groups in total. The van der Waals surface area contributed by atoms with Gasteiger partial charge in [-0.05, 0) is 44.2 Å². The van der Waals surface area contributed by atoms with E-state index in [9.17, 15) is 0 Å². The SMILES string of the molecule is c1ccc([C@]23O[C@@](c4ccccc4)(c4ccccc42)[C@H]2c4cccc5cccc(c45)[C@@H]23)cc1. The Hall–Kier alpha value is -3.68. The Balaban J connectivity index is 1.57. The molecule has 5 aromatic rings. The van der Waals surface area contributed by atoms with Crippen LogP contribution in [-0.2, 0) is 15.9 Å². The third kappa shape index (κ3) is 1.91. The van der Waals surface area contributed by atoms with Crippen molar-refractivity contribution in [3.8, 4) is 0 Å². The molecule has 0 amide bonds. The third-order valence-corrected chi connectivity index (χ3v) is 8.30. The number of fused-ring (bicyclic) bond motifs is 10. The highest BCUT2D eigenvalue weighted by atomic mass is 16.5. The molecule has 0 unspecified atom stereocenters. The van der Waals surface area contributed by atoms with Crippen LogP contribution >= 0.6 is 0 Å². The number of rotatable bonds is 2. The molecule has 1 aliphatic carbocycles. The zero-order valence-electron chi connectivity index (χ0n) is 18.1. The highest BCUT2D eigenvalue weighted by molar-refractivity contribution is 5.94. The van der Waals surface area contributed by atoms with Crippen LogP contribution in [0, 0.1) is 0 Å². The second kappa shape index (κ2) is 6.01. The van der Waals surface area contributed by atoms with Crippen LogP contribution in [-0.4, -0.2) is 0 Å². The molecule has 4 atom stereocenters. The van der Waals surface area contributed by atoms with Crippen molar-refractivity contribution in [3.05, 3.63) is 155 Å². The van der Waals surface area contributed by atoms with Crippen LogP contribution in [0.5, 0.6) is 0 Å². The molecule has 0 aromatic heterocycles. The minimum Gasteiger partial charge on any atom is -0.348 e. The summed E-state index contributed by atoms with van der Waals surface area (Å²) in [5, 5.41) is 2.75. The van der Waals surface area contributed by atoms with Crippen LogP contribution < -0.4 is 0 Å². The molecule has 0 spiro atoms. The number of hydrogen-bond acceptors (Lipinski definition) is 1. The molecular formula is C32H22O. The lowest BCUT2D eigenvalue weighted by molar-refractivity contribution is -0.0480. The minimum atomic E-state index is -0.522. The summed E-state index contributed by atoms with van der Waals surface area (Å²) in [5.74, 6) is 0.437. The second-order valence-electron chi connectivity index (χ2n) is 9.60. The average molecular weight is 423 g/mol. The smallest absolute Gasteiger partial charge is 0.128 e. The molecule has 2 heterocycles. The van der Waals surface area contributed by atoms with Crippen molar-refractivity contribution >= 4 is 10.8 Å². The molecule has 0 saturated carbocycles. The molecule has 1 heteroatoms. The molecule has 8 rings (SSSR count). The Morgan fingerprint density at radius 1 is 0.455 bits per heavy atom. The Bertz CT molecular complexity index is 1440. The Labute approximate surface area is 193 Å². The summed E-state index contributed by atoms with van der Waals surface area (Å²) in [4.78, 5) is 0. The zero-order valence-corrected chi connectivity index (χ0v) is 18.1. The molecule has 1 fully saturated rings. The summed E-state index contributed by atoms with van der Waals surface area (Å²) in [6, 6.07) is 44.4. The van der Waals surface area contributed by atoms with Crippen molar-refractivity contribution < 1.29 is 4.74 Å². The fraction of sp³-hybridized carbons (Fsp3) is 0.125. The van der Waals surface area contributed by atoms with Crippen molar-refractivity contribution in [2.75, 3.05) is 0 Å². The summed E-state index contributed by atoms with van der Waals surface area (Å²) in [6.07, 6.45) is 0. The maximum absolute atomic E-state index is 7.55. The maximum Gasteiger partial charge on any atom is 0.128 e. The number of hydrogen-bond donors (Lipinski definition) is 0. The summed E-state index contributed by atoms with van der Waals surface area (Å²) >= 11 is 0. The first-order valence-corrected chi connectivity index (χ1v) is 11.8. The number of benzene rings is 5. The fourth-order valence-corrected chi connectivity index (χ4v) is 7.30. The van der Waals surface area contributed by atoms with Crippen molar-refractivity contribution in [1.82, 2.24) is 0 Å². The van der Waals surface area contributed by atoms with E-state index in [1.165, 1.54) is 44.2 Å².